The summed E-state index contributed by atoms with van der Waals surface area (Å²) in [6.07, 6.45) is 1.71. The molecule has 0 saturated carbocycles. The molecule has 2 N–H and O–H groups in total. The Morgan fingerprint density at radius 1 is 1.55 bits per heavy atom. The summed E-state index contributed by atoms with van der Waals surface area (Å²) in [4.78, 5) is 4.98. The van der Waals surface area contributed by atoms with Crippen molar-refractivity contribution in [2.24, 2.45) is 0 Å². The summed E-state index contributed by atoms with van der Waals surface area (Å²) in [6, 6.07) is 0. The summed E-state index contributed by atoms with van der Waals surface area (Å²) in [5.74, 6) is -0.152. The molecule has 0 bridgehead atoms. The van der Waals surface area contributed by atoms with E-state index in [-0.39, 0.29) is 19.1 Å². The second-order valence-electron chi connectivity index (χ2n) is 2.34. The zero-order chi connectivity index (χ0) is 8.27. The van der Waals surface area contributed by atoms with Crippen molar-refractivity contribution in [1.29, 1.82) is 0 Å². The smallest absolute Gasteiger partial charge is 0.0896 e. The van der Waals surface area contributed by atoms with Gasteiger partial charge in [0.1, 0.15) is 0 Å². The number of aliphatic hydroxyl groups is 2. The fraction of sp³-hybridized carbons (Fsp3) is 0.571. The molecule has 1 heterocycles. The number of aryl methyl sites for hydroxylation is 1. The lowest BCUT2D eigenvalue weighted by molar-refractivity contribution is 0.194. The van der Waals surface area contributed by atoms with Crippen LogP contribution in [0, 0.1) is 6.92 Å². The van der Waals surface area contributed by atoms with Crippen molar-refractivity contribution in [3.8, 4) is 0 Å². The monoisotopic (exact) mass is 173 g/mol. The zero-order valence-corrected chi connectivity index (χ0v) is 7.14. The lowest BCUT2D eigenvalue weighted by Gasteiger charge is -2.05. The van der Waals surface area contributed by atoms with Gasteiger partial charge in [-0.25, -0.2) is 4.98 Å². The van der Waals surface area contributed by atoms with Crippen LogP contribution in [0.4, 0.5) is 0 Å². The van der Waals surface area contributed by atoms with E-state index in [1.807, 2.05) is 6.92 Å². The molecule has 4 heteroatoms. The van der Waals surface area contributed by atoms with Gasteiger partial charge in [0, 0.05) is 17.0 Å². The number of nitrogens with zero attached hydrogens (tertiary/aromatic N) is 1. The minimum atomic E-state index is -0.152. The van der Waals surface area contributed by atoms with E-state index in [0.717, 1.165) is 9.88 Å². The third-order valence-corrected chi connectivity index (χ3v) is 2.56. The highest BCUT2D eigenvalue weighted by Crippen LogP contribution is 2.21. The van der Waals surface area contributed by atoms with Gasteiger partial charge in [0.2, 0.25) is 0 Å². The standard InChI is InChI=1S/C7H11NO2S/c1-5-8-2-7(11-5)6(3-9)4-10/h2,6,9-10H,3-4H2,1H3. The van der Waals surface area contributed by atoms with Crippen LogP contribution in [-0.2, 0) is 0 Å². The fourth-order valence-corrected chi connectivity index (χ4v) is 1.67. The predicted octanol–water partition coefficient (Wildman–Crippen LogP) is 0.520. The van der Waals surface area contributed by atoms with Crippen LogP contribution < -0.4 is 0 Å². The van der Waals surface area contributed by atoms with Crippen molar-refractivity contribution in [3.05, 3.63) is 16.1 Å². The van der Waals surface area contributed by atoms with Gasteiger partial charge in [0.05, 0.1) is 18.2 Å². The number of hydrogen-bond donors (Lipinski definition) is 2. The molecule has 0 radical (unpaired) electrons. The molecule has 3 nitrogen and oxygen atoms in total. The van der Waals surface area contributed by atoms with Crippen LogP contribution in [0.25, 0.3) is 0 Å². The molecule has 0 atom stereocenters. The lowest BCUT2D eigenvalue weighted by Crippen LogP contribution is -2.06. The largest absolute Gasteiger partial charge is 0.396 e. The highest BCUT2D eigenvalue weighted by Gasteiger charge is 2.10. The number of aromatic nitrogens is 1. The van der Waals surface area contributed by atoms with Gasteiger partial charge in [-0.05, 0) is 6.92 Å². The van der Waals surface area contributed by atoms with E-state index < -0.39 is 0 Å². The summed E-state index contributed by atoms with van der Waals surface area (Å²) < 4.78 is 0. The zero-order valence-electron chi connectivity index (χ0n) is 6.32. The van der Waals surface area contributed by atoms with E-state index in [4.69, 9.17) is 10.2 Å². The second-order valence-corrected chi connectivity index (χ2v) is 3.61. The molecule has 0 aromatic carbocycles. The highest BCUT2D eigenvalue weighted by molar-refractivity contribution is 7.11. The first-order valence-corrected chi connectivity index (χ1v) is 4.23. The quantitative estimate of drug-likeness (QED) is 0.700. The molecule has 62 valence electrons. The SMILES string of the molecule is Cc1ncc(C(CO)CO)s1. The molecule has 0 aliphatic heterocycles. The third kappa shape index (κ3) is 1.99. The van der Waals surface area contributed by atoms with Crippen LogP contribution in [0.2, 0.25) is 0 Å². The van der Waals surface area contributed by atoms with Crippen LogP contribution in [0.3, 0.4) is 0 Å². The molecule has 0 amide bonds. The van der Waals surface area contributed by atoms with E-state index in [1.165, 1.54) is 11.3 Å². The van der Waals surface area contributed by atoms with Gasteiger partial charge in [0.25, 0.3) is 0 Å². The van der Waals surface area contributed by atoms with Crippen LogP contribution in [-0.4, -0.2) is 28.4 Å². The molecular formula is C7H11NO2S. The maximum atomic E-state index is 8.81. The average molecular weight is 173 g/mol. The maximum Gasteiger partial charge on any atom is 0.0896 e. The number of aliphatic hydroxyl groups excluding tert-OH is 2. The topological polar surface area (TPSA) is 53.4 Å². The number of rotatable bonds is 3. The first kappa shape index (κ1) is 8.64. The lowest BCUT2D eigenvalue weighted by atomic mass is 10.1. The first-order chi connectivity index (χ1) is 5.27. The molecule has 0 fully saturated rings. The van der Waals surface area contributed by atoms with Crippen molar-refractivity contribution in [2.45, 2.75) is 12.8 Å². The minimum Gasteiger partial charge on any atom is -0.396 e. The van der Waals surface area contributed by atoms with Gasteiger partial charge in [-0.15, -0.1) is 11.3 Å². The molecule has 1 aromatic heterocycles. The van der Waals surface area contributed by atoms with Crippen molar-refractivity contribution in [1.82, 2.24) is 4.98 Å². The van der Waals surface area contributed by atoms with Gasteiger partial charge >= 0.3 is 0 Å². The van der Waals surface area contributed by atoms with E-state index in [1.54, 1.807) is 6.20 Å². The normalized spacial score (nSPS) is 10.9. The van der Waals surface area contributed by atoms with Crippen LogP contribution in [0.15, 0.2) is 6.20 Å². The number of thiazole rings is 1. The van der Waals surface area contributed by atoms with Gasteiger partial charge in [-0.3, -0.25) is 0 Å². The fourth-order valence-electron chi connectivity index (χ4n) is 0.804. The van der Waals surface area contributed by atoms with Crippen LogP contribution in [0.5, 0.6) is 0 Å². The summed E-state index contributed by atoms with van der Waals surface area (Å²) >= 11 is 1.51. The van der Waals surface area contributed by atoms with Crippen LogP contribution >= 0.6 is 11.3 Å². The Morgan fingerprint density at radius 3 is 2.55 bits per heavy atom. The van der Waals surface area contributed by atoms with E-state index in [0.29, 0.717) is 0 Å². The van der Waals surface area contributed by atoms with E-state index >= 15 is 0 Å². The summed E-state index contributed by atoms with van der Waals surface area (Å²) in [5.41, 5.74) is 0. The predicted molar refractivity (Wildman–Crippen MR) is 43.8 cm³/mol. The molecule has 0 saturated heterocycles. The van der Waals surface area contributed by atoms with Crippen molar-refractivity contribution < 1.29 is 10.2 Å². The minimum absolute atomic E-state index is 0.0157. The van der Waals surface area contributed by atoms with Crippen molar-refractivity contribution >= 4 is 11.3 Å². The van der Waals surface area contributed by atoms with Crippen molar-refractivity contribution in [3.63, 3.8) is 0 Å². The summed E-state index contributed by atoms with van der Waals surface area (Å²) in [5, 5.41) is 18.6. The Hall–Kier alpha value is -0.450. The molecule has 1 rings (SSSR count). The van der Waals surface area contributed by atoms with Gasteiger partial charge in [-0.2, -0.15) is 0 Å². The molecule has 0 aliphatic carbocycles. The highest BCUT2D eigenvalue weighted by atomic mass is 32.1. The van der Waals surface area contributed by atoms with Gasteiger partial charge in [0.15, 0.2) is 0 Å². The van der Waals surface area contributed by atoms with Gasteiger partial charge in [-0.1, -0.05) is 0 Å². The average Bonchev–Trinajstić information content (AvgIpc) is 2.39. The van der Waals surface area contributed by atoms with Crippen molar-refractivity contribution in [2.75, 3.05) is 13.2 Å². The molecular weight excluding hydrogens is 162 g/mol. The van der Waals surface area contributed by atoms with Crippen LogP contribution in [0.1, 0.15) is 15.8 Å². The second kappa shape index (κ2) is 3.80. The number of hydrogen-bond acceptors (Lipinski definition) is 4. The molecule has 0 aliphatic rings. The molecule has 0 unspecified atom stereocenters. The summed E-state index contributed by atoms with van der Waals surface area (Å²) in [6.45, 7) is 1.87. The molecule has 11 heavy (non-hydrogen) atoms. The maximum absolute atomic E-state index is 8.81. The Morgan fingerprint density at radius 2 is 2.18 bits per heavy atom. The first-order valence-electron chi connectivity index (χ1n) is 3.42. The Labute approximate surface area is 69.3 Å². The van der Waals surface area contributed by atoms with E-state index in [9.17, 15) is 0 Å². The molecule has 1 aromatic rings. The van der Waals surface area contributed by atoms with Gasteiger partial charge < -0.3 is 10.2 Å². The third-order valence-electron chi connectivity index (χ3n) is 1.48. The Bertz CT molecular complexity index is 220. The summed E-state index contributed by atoms with van der Waals surface area (Å²) in [7, 11) is 0. The Balaban J connectivity index is 2.73. The Kier molecular flexibility index (Phi) is 2.99. The molecule has 0 spiro atoms. The van der Waals surface area contributed by atoms with E-state index in [2.05, 4.69) is 4.98 Å².